The normalized spacial score (nSPS) is 15.1. The first-order valence-electron chi connectivity index (χ1n) is 4.20. The number of hydrogen-bond acceptors (Lipinski definition) is 4. The summed E-state index contributed by atoms with van der Waals surface area (Å²) in [4.78, 5) is 4.18. The Balaban J connectivity index is 2.50. The minimum Gasteiger partial charge on any atom is -0.388 e. The summed E-state index contributed by atoms with van der Waals surface area (Å²) in [6, 6.07) is 3.83. The highest BCUT2D eigenvalue weighted by molar-refractivity contribution is 9.10. The quantitative estimate of drug-likeness (QED) is 0.821. The Hall–Kier alpha value is -0.100. The van der Waals surface area contributed by atoms with E-state index in [0.717, 1.165) is 9.50 Å². The third-order valence-corrected chi connectivity index (χ3v) is 3.44. The molecule has 1 heterocycles. The Morgan fingerprint density at radius 3 is 2.86 bits per heavy atom. The maximum absolute atomic E-state index is 9.66. The number of hydrogen-bond donors (Lipinski definition) is 2. The summed E-state index contributed by atoms with van der Waals surface area (Å²) < 4.78 is 0.951. The van der Waals surface area contributed by atoms with E-state index in [0.29, 0.717) is 5.75 Å². The number of pyridine rings is 1. The maximum Gasteiger partial charge on any atom is 0.0961 e. The van der Waals surface area contributed by atoms with Gasteiger partial charge in [0.05, 0.1) is 10.6 Å². The van der Waals surface area contributed by atoms with Crippen LogP contribution in [-0.4, -0.2) is 28.0 Å². The lowest BCUT2D eigenvalue weighted by Crippen LogP contribution is -2.36. The van der Waals surface area contributed by atoms with Gasteiger partial charge in [-0.15, -0.1) is 11.8 Å². The van der Waals surface area contributed by atoms with Gasteiger partial charge in [0.25, 0.3) is 0 Å². The predicted octanol–water partition coefficient (Wildman–Crippen LogP) is 1.65. The van der Waals surface area contributed by atoms with E-state index in [4.69, 9.17) is 5.73 Å². The van der Waals surface area contributed by atoms with Gasteiger partial charge in [-0.2, -0.15) is 0 Å². The van der Waals surface area contributed by atoms with E-state index < -0.39 is 5.60 Å². The molecule has 0 radical (unpaired) electrons. The van der Waals surface area contributed by atoms with Crippen molar-refractivity contribution in [3.63, 3.8) is 0 Å². The smallest absolute Gasteiger partial charge is 0.0961 e. The van der Waals surface area contributed by atoms with E-state index >= 15 is 0 Å². The van der Waals surface area contributed by atoms with Crippen LogP contribution in [0.15, 0.2) is 27.8 Å². The molecule has 0 spiro atoms. The zero-order valence-electron chi connectivity index (χ0n) is 7.90. The molecule has 0 aliphatic rings. The molecule has 0 aliphatic carbocycles. The van der Waals surface area contributed by atoms with Crippen molar-refractivity contribution in [2.75, 3.05) is 12.3 Å². The second-order valence-electron chi connectivity index (χ2n) is 3.30. The van der Waals surface area contributed by atoms with Gasteiger partial charge in [0.15, 0.2) is 0 Å². The second-order valence-corrected chi connectivity index (χ2v) is 5.22. The topological polar surface area (TPSA) is 59.1 Å². The fourth-order valence-corrected chi connectivity index (χ4v) is 1.84. The van der Waals surface area contributed by atoms with Crippen LogP contribution in [0.2, 0.25) is 0 Å². The number of nitrogens with two attached hydrogens (primary N) is 1. The molecule has 0 saturated heterocycles. The summed E-state index contributed by atoms with van der Waals surface area (Å²) >= 11 is 4.81. The fraction of sp³-hybridized carbons (Fsp3) is 0.444. The van der Waals surface area contributed by atoms with Gasteiger partial charge >= 0.3 is 0 Å². The second kappa shape index (κ2) is 5.11. The summed E-state index contributed by atoms with van der Waals surface area (Å²) in [5, 5.41) is 10.5. The van der Waals surface area contributed by atoms with Crippen LogP contribution in [0.1, 0.15) is 6.92 Å². The fourth-order valence-electron chi connectivity index (χ4n) is 0.736. The lowest BCUT2D eigenvalue weighted by Gasteiger charge is -2.19. The Bertz CT molecular complexity index is 289. The lowest BCUT2D eigenvalue weighted by atomic mass is 10.1. The van der Waals surface area contributed by atoms with Crippen molar-refractivity contribution in [1.82, 2.24) is 4.98 Å². The molecule has 3 nitrogen and oxygen atoms in total. The molecule has 0 aliphatic heterocycles. The number of thioether (sulfide) groups is 1. The number of nitrogens with zero attached hydrogens (tertiary/aromatic N) is 1. The van der Waals surface area contributed by atoms with Crippen molar-refractivity contribution in [3.05, 3.63) is 22.8 Å². The standard InChI is InChI=1S/C9H13BrN2OS/c1-9(13,5-11)6-14-8-3-2-7(10)4-12-8/h2-4,13H,5-6,11H2,1H3. The molecule has 0 bridgehead atoms. The molecular formula is C9H13BrN2OS. The van der Waals surface area contributed by atoms with Gasteiger partial charge in [0, 0.05) is 23.0 Å². The molecule has 5 heteroatoms. The first kappa shape index (κ1) is 12.0. The average Bonchev–Trinajstić information content (AvgIpc) is 2.17. The first-order chi connectivity index (χ1) is 6.53. The molecule has 3 N–H and O–H groups in total. The van der Waals surface area contributed by atoms with E-state index in [9.17, 15) is 5.11 Å². The molecule has 1 unspecified atom stereocenters. The molecule has 14 heavy (non-hydrogen) atoms. The predicted molar refractivity (Wildman–Crippen MR) is 62.3 cm³/mol. The van der Waals surface area contributed by atoms with Crippen molar-refractivity contribution in [2.45, 2.75) is 17.6 Å². The Labute approximate surface area is 96.2 Å². The van der Waals surface area contributed by atoms with Crippen molar-refractivity contribution in [1.29, 1.82) is 0 Å². The molecule has 0 fully saturated rings. The van der Waals surface area contributed by atoms with Crippen LogP contribution >= 0.6 is 27.7 Å². The molecule has 1 rings (SSSR count). The zero-order chi connectivity index (χ0) is 10.6. The highest BCUT2D eigenvalue weighted by atomic mass is 79.9. The van der Waals surface area contributed by atoms with Crippen molar-refractivity contribution >= 4 is 27.7 Å². The minimum atomic E-state index is -0.820. The SMILES string of the molecule is CC(O)(CN)CSc1ccc(Br)cn1. The Morgan fingerprint density at radius 1 is 1.64 bits per heavy atom. The molecule has 0 saturated carbocycles. The van der Waals surface area contributed by atoms with E-state index in [-0.39, 0.29) is 6.54 Å². The molecule has 0 amide bonds. The van der Waals surface area contributed by atoms with Crippen LogP contribution < -0.4 is 5.73 Å². The minimum absolute atomic E-state index is 0.260. The summed E-state index contributed by atoms with van der Waals surface area (Å²) in [6.07, 6.45) is 1.74. The lowest BCUT2D eigenvalue weighted by molar-refractivity contribution is 0.0949. The van der Waals surface area contributed by atoms with Gasteiger partial charge in [-0.25, -0.2) is 4.98 Å². The number of aliphatic hydroxyl groups is 1. The van der Waals surface area contributed by atoms with Crippen LogP contribution in [0.25, 0.3) is 0 Å². The Morgan fingerprint density at radius 2 is 2.36 bits per heavy atom. The number of halogens is 1. The van der Waals surface area contributed by atoms with E-state index in [1.807, 2.05) is 12.1 Å². The summed E-state index contributed by atoms with van der Waals surface area (Å²) in [6.45, 7) is 1.98. The van der Waals surface area contributed by atoms with Crippen LogP contribution in [0.5, 0.6) is 0 Å². The molecule has 1 aromatic heterocycles. The molecule has 0 aromatic carbocycles. The molecule has 1 atom stereocenters. The largest absolute Gasteiger partial charge is 0.388 e. The summed E-state index contributed by atoms with van der Waals surface area (Å²) in [5.41, 5.74) is 4.58. The molecular weight excluding hydrogens is 264 g/mol. The van der Waals surface area contributed by atoms with Gasteiger partial charge in [-0.3, -0.25) is 0 Å². The van der Waals surface area contributed by atoms with E-state index in [2.05, 4.69) is 20.9 Å². The maximum atomic E-state index is 9.66. The molecule has 1 aromatic rings. The van der Waals surface area contributed by atoms with Crippen molar-refractivity contribution in [2.24, 2.45) is 5.73 Å². The first-order valence-corrected chi connectivity index (χ1v) is 5.98. The molecule has 78 valence electrons. The van der Waals surface area contributed by atoms with Crippen molar-refractivity contribution < 1.29 is 5.11 Å². The van der Waals surface area contributed by atoms with Gasteiger partial charge < -0.3 is 10.8 Å². The number of rotatable bonds is 4. The average molecular weight is 277 g/mol. The van der Waals surface area contributed by atoms with Gasteiger partial charge in [-0.05, 0) is 35.0 Å². The van der Waals surface area contributed by atoms with E-state index in [1.165, 1.54) is 11.8 Å². The number of aromatic nitrogens is 1. The van der Waals surface area contributed by atoms with Gasteiger partial charge in [0.2, 0.25) is 0 Å². The zero-order valence-corrected chi connectivity index (χ0v) is 10.3. The van der Waals surface area contributed by atoms with Crippen LogP contribution in [0.4, 0.5) is 0 Å². The highest BCUT2D eigenvalue weighted by Crippen LogP contribution is 2.21. The summed E-state index contributed by atoms with van der Waals surface area (Å²) in [5.74, 6) is 0.554. The van der Waals surface area contributed by atoms with Gasteiger partial charge in [0.1, 0.15) is 0 Å². The van der Waals surface area contributed by atoms with Crippen LogP contribution in [-0.2, 0) is 0 Å². The van der Waals surface area contributed by atoms with E-state index in [1.54, 1.807) is 13.1 Å². The van der Waals surface area contributed by atoms with Crippen LogP contribution in [0.3, 0.4) is 0 Å². The third kappa shape index (κ3) is 3.96. The highest BCUT2D eigenvalue weighted by Gasteiger charge is 2.18. The summed E-state index contributed by atoms with van der Waals surface area (Å²) in [7, 11) is 0. The van der Waals surface area contributed by atoms with Gasteiger partial charge in [-0.1, -0.05) is 0 Å². The monoisotopic (exact) mass is 276 g/mol. The van der Waals surface area contributed by atoms with Crippen LogP contribution in [0, 0.1) is 0 Å². The third-order valence-electron chi connectivity index (χ3n) is 1.67. The van der Waals surface area contributed by atoms with Crippen molar-refractivity contribution in [3.8, 4) is 0 Å². The Kier molecular flexibility index (Phi) is 4.37.